The Morgan fingerprint density at radius 2 is 2.38 bits per heavy atom. The Bertz CT molecular complexity index is 196. The predicted octanol–water partition coefficient (Wildman–Crippen LogP) is -0.776. The summed E-state index contributed by atoms with van der Waals surface area (Å²) in [5.74, 6) is 2.05. The number of terminal acetylenes is 1. The molecule has 1 amide bonds. The first kappa shape index (κ1) is 11.9. The van der Waals surface area contributed by atoms with E-state index >= 15 is 0 Å². The molecule has 2 unspecified atom stereocenters. The Morgan fingerprint density at radius 3 is 2.85 bits per heavy atom. The number of carbonyl (C=O) groups excluding carboxylic acids is 1. The van der Waals surface area contributed by atoms with Crippen molar-refractivity contribution in [1.29, 1.82) is 0 Å². The van der Waals surface area contributed by atoms with Gasteiger partial charge in [0.25, 0.3) is 0 Å². The first-order chi connectivity index (χ1) is 6.07. The smallest absolute Gasteiger partial charge is 0.237 e. The molecular formula is C9H16N2O2. The van der Waals surface area contributed by atoms with Crippen molar-refractivity contribution in [3.8, 4) is 12.3 Å². The maximum atomic E-state index is 11.1. The van der Waals surface area contributed by atoms with E-state index in [0.29, 0.717) is 13.0 Å². The first-order valence-electron chi connectivity index (χ1n) is 4.22. The van der Waals surface area contributed by atoms with Crippen LogP contribution in [0.25, 0.3) is 0 Å². The molecule has 0 aromatic rings. The van der Waals surface area contributed by atoms with E-state index in [2.05, 4.69) is 11.2 Å². The molecule has 74 valence electrons. The molecule has 0 saturated heterocycles. The quantitative estimate of drug-likeness (QED) is 0.491. The van der Waals surface area contributed by atoms with Crippen LogP contribution in [0.1, 0.15) is 19.8 Å². The molecule has 0 aliphatic heterocycles. The van der Waals surface area contributed by atoms with Crippen molar-refractivity contribution in [2.45, 2.75) is 31.9 Å². The van der Waals surface area contributed by atoms with E-state index in [4.69, 9.17) is 17.3 Å². The minimum absolute atomic E-state index is 0.237. The van der Waals surface area contributed by atoms with Gasteiger partial charge in [0.2, 0.25) is 5.91 Å². The lowest BCUT2D eigenvalue weighted by Gasteiger charge is -2.10. The summed E-state index contributed by atoms with van der Waals surface area (Å²) in [4.78, 5) is 11.1. The van der Waals surface area contributed by atoms with Crippen LogP contribution in [-0.4, -0.2) is 29.7 Å². The molecule has 4 N–H and O–H groups in total. The molecule has 0 fully saturated rings. The van der Waals surface area contributed by atoms with E-state index in [1.54, 1.807) is 6.92 Å². The molecule has 0 rings (SSSR count). The third-order valence-electron chi connectivity index (χ3n) is 1.54. The maximum Gasteiger partial charge on any atom is 0.237 e. The van der Waals surface area contributed by atoms with E-state index < -0.39 is 12.1 Å². The van der Waals surface area contributed by atoms with Crippen molar-refractivity contribution >= 4 is 5.91 Å². The molecule has 0 spiro atoms. The summed E-state index contributed by atoms with van der Waals surface area (Å²) < 4.78 is 0. The molecule has 2 atom stereocenters. The zero-order valence-electron chi connectivity index (χ0n) is 7.79. The fourth-order valence-electron chi connectivity index (χ4n) is 0.755. The maximum absolute atomic E-state index is 11.1. The average Bonchev–Trinajstić information content (AvgIpc) is 2.04. The minimum Gasteiger partial charge on any atom is -0.393 e. The molecule has 0 aromatic heterocycles. The standard InChI is InChI=1S/C9H16N2O2/c1-3-4-8(10)9(13)11-6-5-7(2)12/h1,7-8,12H,4-6,10H2,2H3,(H,11,13). The molecule has 0 aliphatic carbocycles. The van der Waals surface area contributed by atoms with Crippen LogP contribution in [0.15, 0.2) is 0 Å². The van der Waals surface area contributed by atoms with Crippen LogP contribution in [0, 0.1) is 12.3 Å². The van der Waals surface area contributed by atoms with Crippen molar-refractivity contribution in [3.05, 3.63) is 0 Å². The Balaban J connectivity index is 3.57. The summed E-state index contributed by atoms with van der Waals surface area (Å²) in [6.45, 7) is 2.09. The number of rotatable bonds is 5. The second kappa shape index (κ2) is 6.46. The Morgan fingerprint density at radius 1 is 1.77 bits per heavy atom. The highest BCUT2D eigenvalue weighted by Crippen LogP contribution is 1.89. The monoisotopic (exact) mass is 184 g/mol. The van der Waals surface area contributed by atoms with Gasteiger partial charge in [-0.1, -0.05) is 0 Å². The van der Waals surface area contributed by atoms with Crippen LogP contribution < -0.4 is 11.1 Å². The topological polar surface area (TPSA) is 75.4 Å². The normalized spacial score (nSPS) is 14.3. The second-order valence-corrected chi connectivity index (χ2v) is 2.94. The van der Waals surface area contributed by atoms with E-state index in [9.17, 15) is 4.79 Å². The summed E-state index contributed by atoms with van der Waals surface area (Å²) in [6.07, 6.45) is 5.34. The molecule has 0 heterocycles. The lowest BCUT2D eigenvalue weighted by Crippen LogP contribution is -2.41. The lowest BCUT2D eigenvalue weighted by molar-refractivity contribution is -0.122. The zero-order valence-corrected chi connectivity index (χ0v) is 7.79. The fourth-order valence-corrected chi connectivity index (χ4v) is 0.755. The summed E-state index contributed by atoms with van der Waals surface area (Å²) in [5, 5.41) is 11.5. The number of carbonyl (C=O) groups is 1. The summed E-state index contributed by atoms with van der Waals surface area (Å²) >= 11 is 0. The number of nitrogens with one attached hydrogen (secondary N) is 1. The van der Waals surface area contributed by atoms with Gasteiger partial charge >= 0.3 is 0 Å². The minimum atomic E-state index is -0.640. The van der Waals surface area contributed by atoms with Crippen LogP contribution in [0.4, 0.5) is 0 Å². The van der Waals surface area contributed by atoms with Gasteiger partial charge in [0.15, 0.2) is 0 Å². The van der Waals surface area contributed by atoms with Crippen LogP contribution >= 0.6 is 0 Å². The van der Waals surface area contributed by atoms with Gasteiger partial charge in [-0.05, 0) is 13.3 Å². The van der Waals surface area contributed by atoms with E-state index in [1.165, 1.54) is 0 Å². The predicted molar refractivity (Wildman–Crippen MR) is 50.7 cm³/mol. The van der Waals surface area contributed by atoms with Gasteiger partial charge in [-0.15, -0.1) is 12.3 Å². The van der Waals surface area contributed by atoms with E-state index in [1.807, 2.05) is 0 Å². The lowest BCUT2D eigenvalue weighted by atomic mass is 10.2. The Labute approximate surface area is 78.5 Å². The van der Waals surface area contributed by atoms with E-state index in [0.717, 1.165) is 0 Å². The number of amides is 1. The highest BCUT2D eigenvalue weighted by Gasteiger charge is 2.10. The highest BCUT2D eigenvalue weighted by atomic mass is 16.3. The molecule has 0 bridgehead atoms. The molecule has 4 nitrogen and oxygen atoms in total. The molecule has 0 aromatic carbocycles. The third kappa shape index (κ3) is 6.14. The third-order valence-corrected chi connectivity index (χ3v) is 1.54. The van der Waals surface area contributed by atoms with E-state index in [-0.39, 0.29) is 12.3 Å². The van der Waals surface area contributed by atoms with Crippen LogP contribution in [0.5, 0.6) is 0 Å². The molecule has 0 saturated carbocycles. The van der Waals surface area contributed by atoms with Gasteiger partial charge in [0.1, 0.15) is 0 Å². The van der Waals surface area contributed by atoms with Crippen molar-refractivity contribution in [2.24, 2.45) is 5.73 Å². The van der Waals surface area contributed by atoms with Crippen LogP contribution in [0.3, 0.4) is 0 Å². The number of aliphatic hydroxyl groups excluding tert-OH is 1. The molecular weight excluding hydrogens is 168 g/mol. The first-order valence-corrected chi connectivity index (χ1v) is 4.22. The number of hydrogen-bond donors (Lipinski definition) is 3. The van der Waals surface area contributed by atoms with Crippen molar-refractivity contribution < 1.29 is 9.90 Å². The van der Waals surface area contributed by atoms with Gasteiger partial charge in [-0.3, -0.25) is 4.79 Å². The summed E-state index contributed by atoms with van der Waals surface area (Å²) in [7, 11) is 0. The van der Waals surface area contributed by atoms with Crippen molar-refractivity contribution in [1.82, 2.24) is 5.32 Å². The number of nitrogens with two attached hydrogens (primary N) is 1. The van der Waals surface area contributed by atoms with Crippen molar-refractivity contribution in [2.75, 3.05) is 6.54 Å². The van der Waals surface area contributed by atoms with Gasteiger partial charge in [0, 0.05) is 13.0 Å². The average molecular weight is 184 g/mol. The number of hydrogen-bond acceptors (Lipinski definition) is 3. The summed E-state index contributed by atoms with van der Waals surface area (Å²) in [6, 6.07) is -0.640. The van der Waals surface area contributed by atoms with Gasteiger partial charge in [0.05, 0.1) is 12.1 Å². The van der Waals surface area contributed by atoms with Gasteiger partial charge in [-0.2, -0.15) is 0 Å². The molecule has 0 radical (unpaired) electrons. The largest absolute Gasteiger partial charge is 0.393 e. The van der Waals surface area contributed by atoms with Crippen LogP contribution in [0.2, 0.25) is 0 Å². The molecule has 13 heavy (non-hydrogen) atoms. The van der Waals surface area contributed by atoms with Crippen molar-refractivity contribution in [3.63, 3.8) is 0 Å². The second-order valence-electron chi connectivity index (χ2n) is 2.94. The zero-order chi connectivity index (χ0) is 10.3. The highest BCUT2D eigenvalue weighted by molar-refractivity contribution is 5.81. The Kier molecular flexibility index (Phi) is 5.94. The summed E-state index contributed by atoms with van der Waals surface area (Å²) in [5.41, 5.74) is 5.43. The Hall–Kier alpha value is -1.05. The fraction of sp³-hybridized carbons (Fsp3) is 0.667. The molecule has 4 heteroatoms. The number of aliphatic hydroxyl groups is 1. The van der Waals surface area contributed by atoms with Gasteiger partial charge < -0.3 is 16.2 Å². The van der Waals surface area contributed by atoms with Crippen LogP contribution in [-0.2, 0) is 4.79 Å². The SMILES string of the molecule is C#CCC(N)C(=O)NCCC(C)O. The van der Waals surface area contributed by atoms with Gasteiger partial charge in [-0.25, -0.2) is 0 Å². The molecule has 0 aliphatic rings.